The number of hydrogen-bond donors (Lipinski definition) is 0. The van der Waals surface area contributed by atoms with Gasteiger partial charge in [-0.3, -0.25) is 4.90 Å². The lowest BCUT2D eigenvalue weighted by molar-refractivity contribution is -0.141. The smallest absolute Gasteiger partial charge is 0.435 e. The van der Waals surface area contributed by atoms with E-state index in [4.69, 9.17) is 4.74 Å². The van der Waals surface area contributed by atoms with Crippen LogP contribution in [0.1, 0.15) is 49.2 Å². The molecule has 1 aromatic heterocycles. The maximum Gasteiger partial charge on any atom is 0.435 e. The van der Waals surface area contributed by atoms with Crippen molar-refractivity contribution in [3.8, 4) is 17.1 Å². The highest BCUT2D eigenvalue weighted by atomic mass is 19.4. The molecular formula is C31H34F3N3O. The van der Waals surface area contributed by atoms with Gasteiger partial charge in [0.2, 0.25) is 0 Å². The van der Waals surface area contributed by atoms with Crippen molar-refractivity contribution in [2.24, 2.45) is 0 Å². The number of rotatable bonds is 12. The van der Waals surface area contributed by atoms with E-state index in [2.05, 4.69) is 4.98 Å². The highest BCUT2D eigenvalue weighted by Gasteiger charge is 2.39. The Bertz CT molecular complexity index is 1290. The quantitative estimate of drug-likeness (QED) is 0.189. The van der Waals surface area contributed by atoms with Crippen molar-refractivity contribution in [2.45, 2.75) is 59.0 Å². The van der Waals surface area contributed by atoms with E-state index in [-0.39, 0.29) is 12.2 Å². The first-order valence-corrected chi connectivity index (χ1v) is 13.1. The molecular weight excluding hydrogens is 487 g/mol. The van der Waals surface area contributed by atoms with Crippen molar-refractivity contribution in [1.29, 1.82) is 0 Å². The molecule has 0 saturated heterocycles. The van der Waals surface area contributed by atoms with Gasteiger partial charge in [0.05, 0.1) is 12.3 Å². The molecule has 0 radical (unpaired) electrons. The molecule has 0 fully saturated rings. The number of ether oxygens (including phenoxy) is 1. The maximum atomic E-state index is 14.4. The Morgan fingerprint density at radius 1 is 0.816 bits per heavy atom. The zero-order chi connectivity index (χ0) is 27.0. The summed E-state index contributed by atoms with van der Waals surface area (Å²) in [4.78, 5) is 6.25. The molecule has 7 heteroatoms. The molecule has 0 amide bonds. The summed E-state index contributed by atoms with van der Waals surface area (Å²) >= 11 is 0. The van der Waals surface area contributed by atoms with Crippen molar-refractivity contribution in [1.82, 2.24) is 14.5 Å². The zero-order valence-electron chi connectivity index (χ0n) is 21.9. The summed E-state index contributed by atoms with van der Waals surface area (Å²) in [5, 5.41) is 0. The van der Waals surface area contributed by atoms with E-state index in [9.17, 15) is 13.2 Å². The van der Waals surface area contributed by atoms with Crippen LogP contribution in [0.4, 0.5) is 13.2 Å². The van der Waals surface area contributed by atoms with Gasteiger partial charge in [0.15, 0.2) is 5.69 Å². The lowest BCUT2D eigenvalue weighted by atomic mass is 10.1. The summed E-state index contributed by atoms with van der Waals surface area (Å²) in [5.41, 5.74) is 2.07. The average Bonchev–Trinajstić information content (AvgIpc) is 3.27. The highest BCUT2D eigenvalue weighted by molar-refractivity contribution is 5.57. The summed E-state index contributed by atoms with van der Waals surface area (Å²) in [5.74, 6) is 1.11. The number of hydrogen-bond acceptors (Lipinski definition) is 3. The lowest BCUT2D eigenvalue weighted by Crippen LogP contribution is -2.26. The van der Waals surface area contributed by atoms with E-state index in [1.165, 1.54) is 0 Å². The van der Waals surface area contributed by atoms with Gasteiger partial charge >= 0.3 is 6.18 Å². The van der Waals surface area contributed by atoms with E-state index >= 15 is 0 Å². The Labute approximate surface area is 222 Å². The van der Waals surface area contributed by atoms with Gasteiger partial charge in [0.25, 0.3) is 0 Å². The molecule has 0 bridgehead atoms. The molecule has 3 aromatic carbocycles. The third-order valence-electron chi connectivity index (χ3n) is 6.35. The van der Waals surface area contributed by atoms with E-state index in [1.54, 1.807) is 4.57 Å². The van der Waals surface area contributed by atoms with Gasteiger partial charge in [-0.25, -0.2) is 4.98 Å². The molecule has 4 rings (SSSR count). The Morgan fingerprint density at radius 2 is 1.47 bits per heavy atom. The van der Waals surface area contributed by atoms with E-state index in [1.807, 2.05) is 104 Å². The minimum Gasteiger partial charge on any atom is -0.494 e. The van der Waals surface area contributed by atoms with Crippen LogP contribution >= 0.6 is 0 Å². The van der Waals surface area contributed by atoms with Gasteiger partial charge in [0.1, 0.15) is 11.6 Å². The van der Waals surface area contributed by atoms with Crippen LogP contribution in [0.3, 0.4) is 0 Å². The SMILES string of the molecule is CCCCn1c(-c2ccccc2)nc(C(F)(F)F)c1CN(Cc1ccccc1)Cc1cccc(OCC)c1. The number of imidazole rings is 1. The van der Waals surface area contributed by atoms with Gasteiger partial charge < -0.3 is 9.30 Å². The normalized spacial score (nSPS) is 11.7. The molecule has 1 heterocycles. The summed E-state index contributed by atoms with van der Waals surface area (Å²) in [6, 6.07) is 26.7. The average molecular weight is 522 g/mol. The zero-order valence-corrected chi connectivity index (χ0v) is 21.9. The van der Waals surface area contributed by atoms with Crippen LogP contribution in [0.5, 0.6) is 5.75 Å². The van der Waals surface area contributed by atoms with E-state index in [0.29, 0.717) is 37.6 Å². The fourth-order valence-corrected chi connectivity index (χ4v) is 4.62. The van der Waals surface area contributed by atoms with Crippen molar-refractivity contribution < 1.29 is 17.9 Å². The fourth-order valence-electron chi connectivity index (χ4n) is 4.62. The predicted octanol–water partition coefficient (Wildman–Crippen LogP) is 7.97. The van der Waals surface area contributed by atoms with Gasteiger partial charge in [-0.1, -0.05) is 86.1 Å². The number of halogens is 3. The molecule has 0 aliphatic rings. The monoisotopic (exact) mass is 521 g/mol. The molecule has 0 aliphatic heterocycles. The molecule has 4 aromatic rings. The van der Waals surface area contributed by atoms with Crippen molar-refractivity contribution in [2.75, 3.05) is 6.61 Å². The minimum absolute atomic E-state index is 0.103. The maximum absolute atomic E-state index is 14.4. The second kappa shape index (κ2) is 12.8. The van der Waals surface area contributed by atoms with Crippen LogP contribution in [0.25, 0.3) is 11.4 Å². The van der Waals surface area contributed by atoms with Gasteiger partial charge in [-0.2, -0.15) is 13.2 Å². The summed E-state index contributed by atoms with van der Waals surface area (Å²) in [6.07, 6.45) is -2.94. The first-order chi connectivity index (χ1) is 18.4. The molecule has 38 heavy (non-hydrogen) atoms. The topological polar surface area (TPSA) is 30.3 Å². The predicted molar refractivity (Wildman–Crippen MR) is 145 cm³/mol. The molecule has 0 unspecified atom stereocenters. The third kappa shape index (κ3) is 7.04. The van der Waals surface area contributed by atoms with Crippen LogP contribution in [-0.4, -0.2) is 21.1 Å². The number of nitrogens with zero attached hydrogens (tertiary/aromatic N) is 3. The number of unbranched alkanes of at least 4 members (excludes halogenated alkanes) is 1. The van der Waals surface area contributed by atoms with Crippen LogP contribution in [0.2, 0.25) is 0 Å². The first kappa shape index (κ1) is 27.5. The molecule has 0 atom stereocenters. The van der Waals surface area contributed by atoms with Gasteiger partial charge in [0, 0.05) is 31.7 Å². The summed E-state index contributed by atoms with van der Waals surface area (Å²) in [6.45, 7) is 6.05. The van der Waals surface area contributed by atoms with E-state index in [0.717, 1.165) is 29.7 Å². The molecule has 0 spiro atoms. The largest absolute Gasteiger partial charge is 0.494 e. The lowest BCUT2D eigenvalue weighted by Gasteiger charge is -2.25. The molecule has 0 aliphatic carbocycles. The van der Waals surface area contributed by atoms with Crippen LogP contribution in [0.15, 0.2) is 84.9 Å². The standard InChI is InChI=1S/C31H34F3N3O/c1-3-5-19-37-28(29(31(32,33)34)35-30(37)26-16-10-7-11-17-26)23-36(21-24-13-8-6-9-14-24)22-25-15-12-18-27(20-25)38-4-2/h6-18,20H,3-5,19,21-23H2,1-2H3. The van der Waals surface area contributed by atoms with Crippen LogP contribution in [0, 0.1) is 0 Å². The molecule has 200 valence electrons. The Kier molecular flexibility index (Phi) is 9.24. The number of alkyl halides is 3. The van der Waals surface area contributed by atoms with Gasteiger partial charge in [-0.15, -0.1) is 0 Å². The van der Waals surface area contributed by atoms with Gasteiger partial charge in [-0.05, 0) is 36.6 Å². The summed E-state index contributed by atoms with van der Waals surface area (Å²) < 4.78 is 50.7. The van der Waals surface area contributed by atoms with Crippen LogP contribution in [-0.2, 0) is 32.4 Å². The Balaban J connectivity index is 1.77. The molecule has 0 saturated carbocycles. The Hall–Kier alpha value is -3.58. The second-order valence-electron chi connectivity index (χ2n) is 9.31. The number of benzene rings is 3. The van der Waals surface area contributed by atoms with Crippen LogP contribution < -0.4 is 4.74 Å². The highest BCUT2D eigenvalue weighted by Crippen LogP contribution is 2.36. The molecule has 4 nitrogen and oxygen atoms in total. The van der Waals surface area contributed by atoms with Crippen molar-refractivity contribution in [3.05, 3.63) is 107 Å². The number of aromatic nitrogens is 2. The minimum atomic E-state index is -4.57. The molecule has 0 N–H and O–H groups in total. The fraction of sp³-hybridized carbons (Fsp3) is 0.323. The summed E-state index contributed by atoms with van der Waals surface area (Å²) in [7, 11) is 0. The first-order valence-electron chi connectivity index (χ1n) is 13.1. The Morgan fingerprint density at radius 3 is 2.13 bits per heavy atom. The third-order valence-corrected chi connectivity index (χ3v) is 6.35. The van der Waals surface area contributed by atoms with E-state index < -0.39 is 11.9 Å². The second-order valence-corrected chi connectivity index (χ2v) is 9.31. The van der Waals surface area contributed by atoms with Crippen molar-refractivity contribution in [3.63, 3.8) is 0 Å². The van der Waals surface area contributed by atoms with Crippen molar-refractivity contribution >= 4 is 0 Å².